The first-order valence-corrected chi connectivity index (χ1v) is 9.58. The van der Waals surface area contributed by atoms with Crippen molar-refractivity contribution in [3.05, 3.63) is 65.2 Å². The number of amides is 1. The van der Waals surface area contributed by atoms with Gasteiger partial charge >= 0.3 is 6.18 Å². The number of carbonyl (C=O) groups excluding carboxylic acids is 1. The minimum Gasteiger partial charge on any atom is -0.322 e. The lowest BCUT2D eigenvalue weighted by Crippen LogP contribution is -2.11. The van der Waals surface area contributed by atoms with Crippen LogP contribution in [0.1, 0.15) is 16.7 Å². The number of halogens is 3. The summed E-state index contributed by atoms with van der Waals surface area (Å²) in [5.41, 5.74) is 0.287. The van der Waals surface area contributed by atoms with E-state index < -0.39 is 27.7 Å². The molecule has 2 aromatic rings. The van der Waals surface area contributed by atoms with Crippen LogP contribution in [0.5, 0.6) is 0 Å². The normalized spacial score (nSPS) is 12.2. The van der Waals surface area contributed by atoms with E-state index in [4.69, 9.17) is 0 Å². The van der Waals surface area contributed by atoms with Crippen LogP contribution < -0.4 is 10.0 Å². The van der Waals surface area contributed by atoms with Crippen LogP contribution in [-0.2, 0) is 21.0 Å². The summed E-state index contributed by atoms with van der Waals surface area (Å²) in [5.74, 6) is -0.592. The summed E-state index contributed by atoms with van der Waals surface area (Å²) in [7, 11) is -3.38. The standard InChI is InChI=1S/C18H17F3N2O3S/c1-12-3-7-15(11-16(12)18(19,20)21)22-17(24)10-6-13-4-8-14(9-5-13)23-27(2,25)26/h3-11,23H,1-2H3,(H,22,24)/b10-6+. The van der Waals surface area contributed by atoms with Crippen LogP contribution in [0.25, 0.3) is 6.08 Å². The molecular weight excluding hydrogens is 381 g/mol. The Hall–Kier alpha value is -2.81. The van der Waals surface area contributed by atoms with Gasteiger partial charge in [0.2, 0.25) is 15.9 Å². The fourth-order valence-corrected chi connectivity index (χ4v) is 2.80. The van der Waals surface area contributed by atoms with Gasteiger partial charge in [0.25, 0.3) is 0 Å². The Morgan fingerprint density at radius 1 is 1.04 bits per heavy atom. The van der Waals surface area contributed by atoms with Gasteiger partial charge in [0.05, 0.1) is 11.8 Å². The van der Waals surface area contributed by atoms with Crippen LogP contribution in [0.2, 0.25) is 0 Å². The summed E-state index contributed by atoms with van der Waals surface area (Å²) < 4.78 is 63.3. The molecule has 1 amide bonds. The van der Waals surface area contributed by atoms with Crippen LogP contribution in [0, 0.1) is 6.92 Å². The van der Waals surface area contributed by atoms with E-state index in [0.29, 0.717) is 11.3 Å². The summed E-state index contributed by atoms with van der Waals surface area (Å²) >= 11 is 0. The maximum Gasteiger partial charge on any atom is 0.416 e. The van der Waals surface area contributed by atoms with Crippen molar-refractivity contribution in [3.8, 4) is 0 Å². The maximum absolute atomic E-state index is 12.9. The van der Waals surface area contributed by atoms with Gasteiger partial charge in [-0.3, -0.25) is 9.52 Å². The van der Waals surface area contributed by atoms with Crippen molar-refractivity contribution in [2.24, 2.45) is 0 Å². The molecule has 0 unspecified atom stereocenters. The quantitative estimate of drug-likeness (QED) is 0.747. The summed E-state index contributed by atoms with van der Waals surface area (Å²) in [4.78, 5) is 11.9. The van der Waals surface area contributed by atoms with Crippen molar-refractivity contribution < 1.29 is 26.4 Å². The zero-order chi connectivity index (χ0) is 20.2. The molecule has 2 aromatic carbocycles. The van der Waals surface area contributed by atoms with Crippen LogP contribution in [0.4, 0.5) is 24.5 Å². The highest BCUT2D eigenvalue weighted by atomic mass is 32.2. The Kier molecular flexibility index (Phi) is 5.94. The van der Waals surface area contributed by atoms with Gasteiger partial charge in [-0.15, -0.1) is 0 Å². The maximum atomic E-state index is 12.9. The molecular formula is C18H17F3N2O3S. The Balaban J connectivity index is 2.05. The third-order valence-electron chi connectivity index (χ3n) is 3.45. The highest BCUT2D eigenvalue weighted by molar-refractivity contribution is 7.92. The van der Waals surface area contributed by atoms with Crippen molar-refractivity contribution >= 4 is 33.4 Å². The van der Waals surface area contributed by atoms with Crippen molar-refractivity contribution in [2.75, 3.05) is 16.3 Å². The number of anilines is 2. The van der Waals surface area contributed by atoms with E-state index in [1.165, 1.54) is 43.3 Å². The number of nitrogens with one attached hydrogen (secondary N) is 2. The number of sulfonamides is 1. The fraction of sp³-hybridized carbons (Fsp3) is 0.167. The number of benzene rings is 2. The molecule has 144 valence electrons. The van der Waals surface area contributed by atoms with Gasteiger partial charge in [0.15, 0.2) is 0 Å². The van der Waals surface area contributed by atoms with Gasteiger partial charge in [0.1, 0.15) is 0 Å². The van der Waals surface area contributed by atoms with Gasteiger partial charge in [-0.2, -0.15) is 13.2 Å². The molecule has 5 nitrogen and oxygen atoms in total. The molecule has 0 fully saturated rings. The molecule has 2 rings (SSSR count). The highest BCUT2D eigenvalue weighted by Gasteiger charge is 2.32. The topological polar surface area (TPSA) is 75.3 Å². The lowest BCUT2D eigenvalue weighted by molar-refractivity contribution is -0.138. The molecule has 9 heteroatoms. The van der Waals surface area contributed by atoms with E-state index >= 15 is 0 Å². The highest BCUT2D eigenvalue weighted by Crippen LogP contribution is 2.33. The van der Waals surface area contributed by atoms with Gasteiger partial charge in [-0.25, -0.2) is 8.42 Å². The number of hydrogen-bond acceptors (Lipinski definition) is 3. The minimum atomic E-state index is -4.50. The van der Waals surface area contributed by atoms with Gasteiger partial charge in [0, 0.05) is 17.5 Å². The molecule has 0 radical (unpaired) electrons. The van der Waals surface area contributed by atoms with E-state index in [1.54, 1.807) is 12.1 Å². The Morgan fingerprint density at radius 3 is 2.19 bits per heavy atom. The smallest absolute Gasteiger partial charge is 0.322 e. The predicted octanol–water partition coefficient (Wildman–Crippen LogP) is 4.04. The Morgan fingerprint density at radius 2 is 1.63 bits per heavy atom. The molecule has 2 N–H and O–H groups in total. The van der Waals surface area contributed by atoms with Crippen molar-refractivity contribution in [1.29, 1.82) is 0 Å². The summed E-state index contributed by atoms with van der Waals surface area (Å²) in [6.07, 6.45) is -0.840. The van der Waals surface area contributed by atoms with Crippen LogP contribution in [-0.4, -0.2) is 20.6 Å². The lowest BCUT2D eigenvalue weighted by atomic mass is 10.1. The number of alkyl halides is 3. The summed E-state index contributed by atoms with van der Waals surface area (Å²) in [6, 6.07) is 9.78. The van der Waals surface area contributed by atoms with Crippen LogP contribution in [0.3, 0.4) is 0 Å². The van der Waals surface area contributed by atoms with E-state index in [0.717, 1.165) is 12.3 Å². The van der Waals surface area contributed by atoms with Crippen molar-refractivity contribution in [2.45, 2.75) is 13.1 Å². The average molecular weight is 398 g/mol. The number of aryl methyl sites for hydroxylation is 1. The second-order valence-electron chi connectivity index (χ2n) is 5.85. The first-order chi connectivity index (χ1) is 12.4. The molecule has 0 spiro atoms. The molecule has 0 aliphatic rings. The summed E-state index contributed by atoms with van der Waals surface area (Å²) in [6.45, 7) is 1.34. The second kappa shape index (κ2) is 7.83. The molecule has 0 saturated carbocycles. The first-order valence-electron chi connectivity index (χ1n) is 7.69. The van der Waals surface area contributed by atoms with Gasteiger partial charge in [-0.1, -0.05) is 18.2 Å². The predicted molar refractivity (Wildman–Crippen MR) is 98.8 cm³/mol. The third-order valence-corrected chi connectivity index (χ3v) is 4.06. The first kappa shape index (κ1) is 20.5. The minimum absolute atomic E-state index is 0.0373. The van der Waals surface area contributed by atoms with E-state index in [2.05, 4.69) is 10.0 Å². The lowest BCUT2D eigenvalue weighted by Gasteiger charge is -2.12. The molecule has 0 aliphatic carbocycles. The van der Waals surface area contributed by atoms with E-state index in [9.17, 15) is 26.4 Å². The molecule has 0 saturated heterocycles. The average Bonchev–Trinajstić information content (AvgIpc) is 2.53. The number of rotatable bonds is 5. The Labute approximate surface area is 155 Å². The fourth-order valence-electron chi connectivity index (χ4n) is 2.24. The molecule has 0 atom stereocenters. The molecule has 27 heavy (non-hydrogen) atoms. The molecule has 0 heterocycles. The zero-order valence-electron chi connectivity index (χ0n) is 14.5. The summed E-state index contributed by atoms with van der Waals surface area (Å²) in [5, 5.41) is 2.38. The monoisotopic (exact) mass is 398 g/mol. The van der Waals surface area contributed by atoms with E-state index in [-0.39, 0.29) is 11.3 Å². The van der Waals surface area contributed by atoms with Crippen LogP contribution >= 0.6 is 0 Å². The van der Waals surface area contributed by atoms with E-state index in [1.807, 2.05) is 0 Å². The number of carbonyl (C=O) groups is 1. The van der Waals surface area contributed by atoms with Crippen molar-refractivity contribution in [3.63, 3.8) is 0 Å². The molecule has 0 aliphatic heterocycles. The van der Waals surface area contributed by atoms with Crippen molar-refractivity contribution in [1.82, 2.24) is 0 Å². The number of hydrogen-bond donors (Lipinski definition) is 2. The second-order valence-corrected chi connectivity index (χ2v) is 7.59. The SMILES string of the molecule is Cc1ccc(NC(=O)/C=C/c2ccc(NS(C)(=O)=O)cc2)cc1C(F)(F)F. The zero-order valence-corrected chi connectivity index (χ0v) is 15.3. The van der Waals surface area contributed by atoms with Gasteiger partial charge < -0.3 is 5.32 Å². The van der Waals surface area contributed by atoms with Crippen LogP contribution in [0.15, 0.2) is 48.5 Å². The molecule has 0 aromatic heterocycles. The largest absolute Gasteiger partial charge is 0.416 e. The van der Waals surface area contributed by atoms with Gasteiger partial charge in [-0.05, 0) is 48.4 Å². The third kappa shape index (κ3) is 6.45. The molecule has 0 bridgehead atoms. The Bertz CT molecular complexity index is 966.